The molecule has 0 bridgehead atoms. The van der Waals surface area contributed by atoms with Gasteiger partial charge in [-0.2, -0.15) is 0 Å². The van der Waals surface area contributed by atoms with Crippen LogP contribution >= 0.6 is 11.9 Å². The molecular weight excluding hydrogens is 1030 g/mol. The molecule has 3 fully saturated rings. The zero-order valence-electron chi connectivity index (χ0n) is 47.3. The Hall–Kier alpha value is -7.68. The summed E-state index contributed by atoms with van der Waals surface area (Å²) in [5, 5.41) is 4.17. The molecule has 9 aromatic rings. The monoisotopic (exact) mass is 1090 g/mol. The first-order valence-corrected chi connectivity index (χ1v) is 32.5. The first-order valence-electron chi connectivity index (χ1n) is 31.4. The molecule has 9 aromatic carbocycles. The number of nitrogens with zero attached hydrogens (tertiary/aromatic N) is 3. The van der Waals surface area contributed by atoms with E-state index >= 15 is 0 Å². The third-order valence-electron chi connectivity index (χ3n) is 21.0. The average Bonchev–Trinajstić information content (AvgIpc) is 2.81. The fourth-order valence-corrected chi connectivity index (χ4v) is 17.9. The Morgan fingerprint density at radius 1 is 0.361 bits per heavy atom. The molecule has 0 radical (unpaired) electrons. The first kappa shape index (κ1) is 48.8. The van der Waals surface area contributed by atoms with Gasteiger partial charge in [-0.15, -0.1) is 0 Å². The van der Waals surface area contributed by atoms with E-state index in [1.807, 2.05) is 11.9 Å². The lowest BCUT2D eigenvalue weighted by Crippen LogP contribution is -2.65. The summed E-state index contributed by atoms with van der Waals surface area (Å²) in [7, 11) is 0. The highest BCUT2D eigenvalue weighted by molar-refractivity contribution is 8.00. The summed E-state index contributed by atoms with van der Waals surface area (Å²) in [6.45, 7) is -0.124. The fourth-order valence-electron chi connectivity index (χ4n) is 17.2. The molecule has 404 valence electrons. The number of ether oxygens (including phenoxy) is 2. The average molecular weight is 1090 g/mol. The molecular formula is C73H65B3N4O2S. The second-order valence-corrected chi connectivity index (χ2v) is 26.1. The van der Waals surface area contributed by atoms with Crippen LogP contribution < -0.4 is 78.1 Å². The lowest BCUT2D eigenvalue weighted by molar-refractivity contribution is 0.433. The van der Waals surface area contributed by atoms with Gasteiger partial charge in [-0.25, -0.2) is 0 Å². The van der Waals surface area contributed by atoms with E-state index in [0.717, 1.165) is 34.1 Å². The van der Waals surface area contributed by atoms with E-state index in [-0.39, 0.29) is 20.1 Å². The molecule has 0 saturated heterocycles. The van der Waals surface area contributed by atoms with Crippen molar-refractivity contribution in [3.63, 3.8) is 0 Å². The minimum Gasteiger partial charge on any atom is -0.458 e. The summed E-state index contributed by atoms with van der Waals surface area (Å²) in [4.78, 5) is 5.12. The molecule has 6 nitrogen and oxygen atoms in total. The van der Waals surface area contributed by atoms with Crippen LogP contribution in [0.1, 0.15) is 131 Å². The smallest absolute Gasteiger partial charge is 0.260 e. The van der Waals surface area contributed by atoms with E-state index in [4.69, 9.17) is 9.47 Å². The van der Waals surface area contributed by atoms with E-state index in [9.17, 15) is 0 Å². The predicted octanol–water partition coefficient (Wildman–Crippen LogP) is 13.9. The van der Waals surface area contributed by atoms with Crippen molar-refractivity contribution >= 4 is 138 Å². The van der Waals surface area contributed by atoms with Crippen molar-refractivity contribution in [1.29, 1.82) is 0 Å². The Morgan fingerprint density at radius 3 is 1.39 bits per heavy atom. The summed E-state index contributed by atoms with van der Waals surface area (Å²) in [5.41, 5.74) is 28.2. The number of nitrogens with one attached hydrogen (secondary N) is 1. The van der Waals surface area contributed by atoms with Gasteiger partial charge >= 0.3 is 0 Å². The molecule has 3 saturated carbocycles. The van der Waals surface area contributed by atoms with Gasteiger partial charge in [0.15, 0.2) is 0 Å². The molecule has 6 heterocycles. The highest BCUT2D eigenvalue weighted by Crippen LogP contribution is 2.50. The lowest BCUT2D eigenvalue weighted by atomic mass is 9.29. The third-order valence-corrected chi connectivity index (χ3v) is 21.7. The van der Waals surface area contributed by atoms with E-state index in [1.54, 1.807) is 0 Å². The van der Waals surface area contributed by atoms with Crippen LogP contribution in [0.3, 0.4) is 0 Å². The van der Waals surface area contributed by atoms with Crippen molar-refractivity contribution in [3.05, 3.63) is 187 Å². The maximum Gasteiger partial charge on any atom is 0.260 e. The van der Waals surface area contributed by atoms with Gasteiger partial charge in [-0.05, 0) is 201 Å². The van der Waals surface area contributed by atoms with Crippen molar-refractivity contribution in [3.8, 4) is 23.0 Å². The number of para-hydroxylation sites is 4. The fraction of sp³-hybridized carbons (Fsp3) is 0.260. The summed E-state index contributed by atoms with van der Waals surface area (Å²) in [6, 6.07) is 65.7. The number of anilines is 10. The van der Waals surface area contributed by atoms with Crippen LogP contribution in [0.4, 0.5) is 56.9 Å². The molecule has 0 unspecified atom stereocenters. The number of hydrogen-bond acceptors (Lipinski definition) is 7. The number of rotatable bonds is 6. The second-order valence-electron chi connectivity index (χ2n) is 25.4. The molecule has 83 heavy (non-hydrogen) atoms. The molecule has 10 heteroatoms. The first-order chi connectivity index (χ1) is 41.1. The van der Waals surface area contributed by atoms with Crippen molar-refractivity contribution in [2.45, 2.75) is 114 Å². The van der Waals surface area contributed by atoms with Crippen molar-refractivity contribution < 1.29 is 9.47 Å². The normalized spacial score (nSPS) is 18.0. The number of fused-ring (bicyclic) bond motifs is 12. The summed E-state index contributed by atoms with van der Waals surface area (Å²) >= 11 is 1.83. The van der Waals surface area contributed by atoms with Gasteiger partial charge in [0.1, 0.15) is 23.0 Å². The van der Waals surface area contributed by atoms with Crippen LogP contribution in [-0.4, -0.2) is 26.4 Å². The van der Waals surface area contributed by atoms with Gasteiger partial charge in [0.2, 0.25) is 0 Å². The van der Waals surface area contributed by atoms with Crippen LogP contribution in [0, 0.1) is 0 Å². The predicted molar refractivity (Wildman–Crippen MR) is 352 cm³/mol. The molecule has 0 aromatic heterocycles. The van der Waals surface area contributed by atoms with Gasteiger partial charge < -0.3 is 24.6 Å². The minimum absolute atomic E-state index is 0.00146. The minimum atomic E-state index is -0.130. The SMILES string of the molecule is CSN1c2cc3c(cc2B2c4ccccc4N(c4ccccc4)c4cc(C5CCCCC5)cc1c42)B1c2cc4c(cc2Oc2cc(C5CCCCC5)cc(c21)O3)Nc1cc(C2CCCCC2)cc2c1B4c1ccccc1N2c1ccccc1. The van der Waals surface area contributed by atoms with Gasteiger partial charge in [0.05, 0.1) is 11.4 Å². The van der Waals surface area contributed by atoms with Gasteiger partial charge in [0, 0.05) is 69.4 Å². The second kappa shape index (κ2) is 19.2. The van der Waals surface area contributed by atoms with Crippen LogP contribution in [0.25, 0.3) is 0 Å². The van der Waals surface area contributed by atoms with Crippen molar-refractivity contribution in [1.82, 2.24) is 0 Å². The highest BCUT2D eigenvalue weighted by atomic mass is 32.2. The summed E-state index contributed by atoms with van der Waals surface area (Å²) in [5.74, 6) is 5.34. The van der Waals surface area contributed by atoms with E-state index in [1.165, 1.54) is 208 Å². The zero-order valence-corrected chi connectivity index (χ0v) is 48.1. The number of hydrogen-bond donors (Lipinski definition) is 1. The Morgan fingerprint density at radius 2 is 0.819 bits per heavy atom. The van der Waals surface area contributed by atoms with Crippen molar-refractivity contribution in [2.75, 3.05) is 25.7 Å². The highest BCUT2D eigenvalue weighted by Gasteiger charge is 2.49. The molecule has 0 spiro atoms. The Kier molecular flexibility index (Phi) is 11.3. The van der Waals surface area contributed by atoms with Crippen molar-refractivity contribution in [2.24, 2.45) is 0 Å². The lowest BCUT2D eigenvalue weighted by Gasteiger charge is -2.45. The summed E-state index contributed by atoms with van der Waals surface area (Å²) in [6.07, 6.45) is 21.3. The maximum absolute atomic E-state index is 7.53. The molecule has 0 atom stereocenters. The topological polar surface area (TPSA) is 40.2 Å². The van der Waals surface area contributed by atoms with Crippen LogP contribution in [0.5, 0.6) is 23.0 Å². The third kappa shape index (κ3) is 7.46. The van der Waals surface area contributed by atoms with E-state index < -0.39 is 0 Å². The standard InChI is InChI=1S/C73H65B3N4O2S/c1-83-80-63-44-68-58(42-56(63)75-54-32-18-20-34-62(54)79(52-29-15-6-16-30-52)65-37-49(38-66(80)72(65)75)46-23-9-3-10-24-46)76-57-41-55-59(43-67(57)81-69-39-50(40-70(82-68)73(69)76)47-25-11-4-12-26-47)77-60-35-48(45-21-7-2-8-22-45)36-64-71(60)74(55)53-31-17-19-33-61(53)78(64)51-27-13-5-14-28-51/h5-6,13-20,27-47,77H,2-4,7-12,21-26H2,1H3. The number of benzene rings is 9. The molecule has 1 N–H and O–H groups in total. The Balaban J connectivity index is 0.857. The molecule has 6 aliphatic heterocycles. The summed E-state index contributed by atoms with van der Waals surface area (Å²) < 4.78 is 17.6. The van der Waals surface area contributed by atoms with Gasteiger partial charge in [0.25, 0.3) is 20.1 Å². The molecule has 3 aliphatic carbocycles. The van der Waals surface area contributed by atoms with E-state index in [2.05, 4.69) is 196 Å². The van der Waals surface area contributed by atoms with Crippen LogP contribution in [-0.2, 0) is 0 Å². The Labute approximate surface area is 494 Å². The van der Waals surface area contributed by atoms with Gasteiger partial charge in [-0.1, -0.05) is 143 Å². The van der Waals surface area contributed by atoms with Gasteiger partial charge in [-0.3, -0.25) is 4.31 Å². The van der Waals surface area contributed by atoms with Crippen LogP contribution in [0.15, 0.2) is 170 Å². The molecule has 0 amide bonds. The van der Waals surface area contributed by atoms with Crippen LogP contribution in [0.2, 0.25) is 0 Å². The van der Waals surface area contributed by atoms with E-state index in [0.29, 0.717) is 17.8 Å². The Bertz CT molecular complexity index is 4140. The molecule has 18 rings (SSSR count). The zero-order chi connectivity index (χ0) is 54.4. The largest absolute Gasteiger partial charge is 0.458 e. The molecule has 9 aliphatic rings. The quantitative estimate of drug-likeness (QED) is 0.131. The maximum atomic E-state index is 7.53.